The van der Waals surface area contributed by atoms with Gasteiger partial charge in [0.15, 0.2) is 6.61 Å². The molecular formula is C18H17Cl2FN2O5S. The van der Waals surface area contributed by atoms with Crippen molar-refractivity contribution in [3.8, 4) is 5.75 Å². The first-order valence-electron chi connectivity index (χ1n) is 8.52. The van der Waals surface area contributed by atoms with Crippen molar-refractivity contribution in [1.29, 1.82) is 0 Å². The molecule has 11 heteroatoms. The molecule has 1 heterocycles. The zero-order chi connectivity index (χ0) is 21.0. The Labute approximate surface area is 177 Å². The number of rotatable bonds is 6. The predicted molar refractivity (Wildman–Crippen MR) is 107 cm³/mol. The van der Waals surface area contributed by atoms with Crippen molar-refractivity contribution < 1.29 is 27.1 Å². The van der Waals surface area contributed by atoms with E-state index >= 15 is 0 Å². The Morgan fingerprint density at radius 1 is 1.14 bits per heavy atom. The fraction of sp³-hybridized carbons (Fsp3) is 0.278. The van der Waals surface area contributed by atoms with E-state index in [0.717, 1.165) is 6.07 Å². The van der Waals surface area contributed by atoms with Gasteiger partial charge in [-0.05, 0) is 30.3 Å². The minimum absolute atomic E-state index is 0.0479. The summed E-state index contributed by atoms with van der Waals surface area (Å²) in [5, 5.41) is 2.47. The maximum Gasteiger partial charge on any atom is 0.262 e. The van der Waals surface area contributed by atoms with Crippen molar-refractivity contribution >= 4 is 44.8 Å². The number of anilines is 1. The van der Waals surface area contributed by atoms with Crippen LogP contribution in [-0.2, 0) is 19.6 Å². The first-order chi connectivity index (χ1) is 13.8. The number of carbonyl (C=O) groups excluding carboxylic acids is 1. The molecule has 0 spiro atoms. The van der Waals surface area contributed by atoms with Gasteiger partial charge in [0.2, 0.25) is 10.0 Å². The second-order valence-corrected chi connectivity index (χ2v) is 8.80. The van der Waals surface area contributed by atoms with Gasteiger partial charge in [0.1, 0.15) is 16.5 Å². The summed E-state index contributed by atoms with van der Waals surface area (Å²) in [6.45, 7) is 0.679. The van der Waals surface area contributed by atoms with Crippen LogP contribution in [0, 0.1) is 5.82 Å². The van der Waals surface area contributed by atoms with Crippen molar-refractivity contribution in [3.05, 3.63) is 52.3 Å². The molecule has 0 saturated carbocycles. The summed E-state index contributed by atoms with van der Waals surface area (Å²) in [7, 11) is -3.83. The maximum absolute atomic E-state index is 13.1. The van der Waals surface area contributed by atoms with Gasteiger partial charge in [-0.1, -0.05) is 23.2 Å². The molecule has 0 bridgehead atoms. The van der Waals surface area contributed by atoms with E-state index in [4.69, 9.17) is 32.7 Å². The third-order valence-corrected chi connectivity index (χ3v) is 6.73. The van der Waals surface area contributed by atoms with Crippen LogP contribution < -0.4 is 10.1 Å². The average Bonchev–Trinajstić information content (AvgIpc) is 2.71. The van der Waals surface area contributed by atoms with E-state index in [0.29, 0.717) is 13.2 Å². The van der Waals surface area contributed by atoms with Gasteiger partial charge in [-0.15, -0.1) is 0 Å². The van der Waals surface area contributed by atoms with Crippen molar-refractivity contribution in [2.24, 2.45) is 0 Å². The molecule has 2 aromatic carbocycles. The summed E-state index contributed by atoms with van der Waals surface area (Å²) in [6.07, 6.45) is 0. The second-order valence-electron chi connectivity index (χ2n) is 6.07. The summed E-state index contributed by atoms with van der Waals surface area (Å²) < 4.78 is 50.5. The summed E-state index contributed by atoms with van der Waals surface area (Å²) >= 11 is 11.7. The fourth-order valence-electron chi connectivity index (χ4n) is 2.62. The molecule has 1 N–H and O–H groups in total. The van der Waals surface area contributed by atoms with E-state index in [-0.39, 0.29) is 46.1 Å². The third-order valence-electron chi connectivity index (χ3n) is 4.06. The topological polar surface area (TPSA) is 84.9 Å². The fourth-order valence-corrected chi connectivity index (χ4v) is 4.70. The third kappa shape index (κ3) is 5.37. The van der Waals surface area contributed by atoms with E-state index < -0.39 is 21.7 Å². The normalized spacial score (nSPS) is 15.1. The number of nitrogens with zero attached hydrogens (tertiary/aromatic N) is 1. The van der Waals surface area contributed by atoms with Crippen molar-refractivity contribution in [2.45, 2.75) is 4.90 Å². The summed E-state index contributed by atoms with van der Waals surface area (Å²) in [5.41, 5.74) is 0.243. The van der Waals surface area contributed by atoms with Crippen LogP contribution in [0.3, 0.4) is 0 Å². The number of sulfonamides is 1. The van der Waals surface area contributed by atoms with Gasteiger partial charge in [0, 0.05) is 24.8 Å². The number of hydrogen-bond acceptors (Lipinski definition) is 5. The Morgan fingerprint density at radius 3 is 2.55 bits per heavy atom. The number of nitrogens with one attached hydrogen (secondary N) is 1. The number of morpholine rings is 1. The van der Waals surface area contributed by atoms with E-state index in [9.17, 15) is 17.6 Å². The van der Waals surface area contributed by atoms with Crippen LogP contribution >= 0.6 is 23.2 Å². The lowest BCUT2D eigenvalue weighted by Crippen LogP contribution is -2.40. The highest BCUT2D eigenvalue weighted by Gasteiger charge is 2.28. The molecule has 0 unspecified atom stereocenters. The van der Waals surface area contributed by atoms with Crippen LogP contribution in [0.5, 0.6) is 5.75 Å². The Morgan fingerprint density at radius 2 is 1.86 bits per heavy atom. The smallest absolute Gasteiger partial charge is 0.262 e. The highest BCUT2D eigenvalue weighted by atomic mass is 35.5. The summed E-state index contributed by atoms with van der Waals surface area (Å²) in [4.78, 5) is 12.0. The molecule has 0 aliphatic carbocycles. The molecule has 1 amide bonds. The van der Waals surface area contributed by atoms with Crippen molar-refractivity contribution in [2.75, 3.05) is 38.2 Å². The van der Waals surface area contributed by atoms with Gasteiger partial charge >= 0.3 is 0 Å². The molecule has 1 aliphatic heterocycles. The summed E-state index contributed by atoms with van der Waals surface area (Å²) in [6, 6.07) is 7.87. The number of halogens is 3. The lowest BCUT2D eigenvalue weighted by molar-refractivity contribution is -0.118. The van der Waals surface area contributed by atoms with Crippen LogP contribution in [0.2, 0.25) is 10.0 Å². The van der Waals surface area contributed by atoms with E-state index in [1.807, 2.05) is 0 Å². The first-order valence-corrected chi connectivity index (χ1v) is 10.7. The van der Waals surface area contributed by atoms with Crippen LogP contribution in [-0.4, -0.2) is 51.5 Å². The van der Waals surface area contributed by atoms with E-state index in [1.165, 1.54) is 34.6 Å². The Bertz CT molecular complexity index is 1010. The van der Waals surface area contributed by atoms with Gasteiger partial charge in [0.25, 0.3) is 5.91 Å². The van der Waals surface area contributed by atoms with Gasteiger partial charge in [-0.25, -0.2) is 12.8 Å². The highest BCUT2D eigenvalue weighted by Crippen LogP contribution is 2.28. The molecule has 0 atom stereocenters. The van der Waals surface area contributed by atoms with Crippen molar-refractivity contribution in [3.63, 3.8) is 0 Å². The van der Waals surface area contributed by atoms with Gasteiger partial charge in [0.05, 0.1) is 23.3 Å². The van der Waals surface area contributed by atoms with Crippen LogP contribution in [0.15, 0.2) is 41.3 Å². The lowest BCUT2D eigenvalue weighted by Gasteiger charge is -2.26. The van der Waals surface area contributed by atoms with Gasteiger partial charge in [-0.3, -0.25) is 4.79 Å². The number of benzene rings is 2. The van der Waals surface area contributed by atoms with Gasteiger partial charge < -0.3 is 14.8 Å². The SMILES string of the molecule is O=C(COc1ccc(F)c(Cl)c1)Nc1ccc(Cl)c(S(=O)(=O)N2CCOCC2)c1. The quantitative estimate of drug-likeness (QED) is 0.712. The number of hydrogen-bond donors (Lipinski definition) is 1. The number of amides is 1. The zero-order valence-corrected chi connectivity index (χ0v) is 17.4. The molecule has 7 nitrogen and oxygen atoms in total. The largest absolute Gasteiger partial charge is 0.484 e. The highest BCUT2D eigenvalue weighted by molar-refractivity contribution is 7.89. The minimum atomic E-state index is -3.83. The lowest BCUT2D eigenvalue weighted by atomic mass is 10.3. The molecule has 3 rings (SSSR count). The van der Waals surface area contributed by atoms with E-state index in [2.05, 4.69) is 5.32 Å². The molecule has 29 heavy (non-hydrogen) atoms. The summed E-state index contributed by atoms with van der Waals surface area (Å²) in [5.74, 6) is -0.917. The molecule has 2 aromatic rings. The average molecular weight is 463 g/mol. The van der Waals surface area contributed by atoms with E-state index in [1.54, 1.807) is 0 Å². The van der Waals surface area contributed by atoms with Crippen molar-refractivity contribution in [1.82, 2.24) is 4.31 Å². The molecule has 1 aliphatic rings. The molecule has 0 aromatic heterocycles. The molecular weight excluding hydrogens is 446 g/mol. The minimum Gasteiger partial charge on any atom is -0.484 e. The van der Waals surface area contributed by atoms with Crippen LogP contribution in [0.25, 0.3) is 0 Å². The molecule has 0 radical (unpaired) electrons. The first kappa shape index (κ1) is 21.8. The molecule has 1 saturated heterocycles. The molecule has 1 fully saturated rings. The number of carbonyl (C=O) groups is 1. The van der Waals surface area contributed by atoms with Crippen LogP contribution in [0.1, 0.15) is 0 Å². The monoisotopic (exact) mass is 462 g/mol. The van der Waals surface area contributed by atoms with Gasteiger partial charge in [-0.2, -0.15) is 4.31 Å². The number of ether oxygens (including phenoxy) is 2. The standard InChI is InChI=1S/C18H17Cl2FN2O5S/c19-14-3-1-12(9-17(14)29(25,26)23-5-7-27-8-6-23)22-18(24)11-28-13-2-4-16(21)15(20)10-13/h1-4,9-10H,5-8,11H2,(H,22,24). The second kappa shape index (κ2) is 9.27. The Kier molecular flexibility index (Phi) is 6.97. The Hall–Kier alpha value is -1.91. The zero-order valence-electron chi connectivity index (χ0n) is 15.0. The Balaban J connectivity index is 1.68. The predicted octanol–water partition coefficient (Wildman–Crippen LogP) is 3.17. The van der Waals surface area contributed by atoms with Crippen LogP contribution in [0.4, 0.5) is 10.1 Å². The molecule has 156 valence electrons. The maximum atomic E-state index is 13.1.